The van der Waals surface area contributed by atoms with E-state index in [4.69, 9.17) is 4.74 Å². The second-order valence-electron chi connectivity index (χ2n) is 6.47. The molecular formula is C19H31LiO. The summed E-state index contributed by atoms with van der Waals surface area (Å²) in [6.45, 7) is 5.52. The van der Waals surface area contributed by atoms with E-state index in [2.05, 4.69) is 55.8 Å². The van der Waals surface area contributed by atoms with Crippen LogP contribution in [0.15, 0.2) is 24.3 Å². The zero-order chi connectivity index (χ0) is 15.3. The van der Waals surface area contributed by atoms with Gasteiger partial charge in [0.15, 0.2) is 0 Å². The Bertz CT molecular complexity index is 347. The van der Waals surface area contributed by atoms with Crippen molar-refractivity contribution in [2.45, 2.75) is 71.6 Å². The molecule has 0 amide bonds. The molecule has 0 aromatic heterocycles. The molecule has 114 valence electrons. The van der Waals surface area contributed by atoms with Crippen LogP contribution in [0, 0.1) is 5.92 Å². The maximum atomic E-state index is 5.78. The molecule has 1 rings (SSSR count). The Labute approximate surface area is 141 Å². The molecule has 0 aliphatic heterocycles. The summed E-state index contributed by atoms with van der Waals surface area (Å²) in [5.41, 5.74) is 0. The molecule has 0 aliphatic rings. The van der Waals surface area contributed by atoms with Gasteiger partial charge in [-0.2, -0.15) is 0 Å². The Hall–Kier alpha value is -0.383. The van der Waals surface area contributed by atoms with Crippen LogP contribution >= 0.6 is 0 Å². The predicted molar refractivity (Wildman–Crippen MR) is 93.7 cm³/mol. The van der Waals surface area contributed by atoms with Crippen LogP contribution in [0.1, 0.15) is 71.6 Å². The Morgan fingerprint density at radius 1 is 0.905 bits per heavy atom. The van der Waals surface area contributed by atoms with E-state index < -0.39 is 0 Å². The van der Waals surface area contributed by atoms with Crippen molar-refractivity contribution in [1.82, 2.24) is 0 Å². The fraction of sp³-hybridized carbons (Fsp3) is 0.684. The number of ether oxygens (including phenoxy) is 1. The number of rotatable bonds is 12. The molecule has 0 saturated heterocycles. The Kier molecular flexibility index (Phi) is 10.8. The molecule has 21 heavy (non-hydrogen) atoms. The quantitative estimate of drug-likeness (QED) is 0.386. The van der Waals surface area contributed by atoms with Gasteiger partial charge in [0.05, 0.1) is 0 Å². The van der Waals surface area contributed by atoms with Gasteiger partial charge in [-0.3, -0.25) is 0 Å². The van der Waals surface area contributed by atoms with Crippen molar-refractivity contribution in [3.63, 3.8) is 0 Å². The summed E-state index contributed by atoms with van der Waals surface area (Å²) in [7, 11) is 0. The molecule has 0 radical (unpaired) electrons. The monoisotopic (exact) mass is 282 g/mol. The predicted octanol–water partition coefficient (Wildman–Crippen LogP) is 5.03. The van der Waals surface area contributed by atoms with Crippen LogP contribution < -0.4 is 8.97 Å². The molecule has 0 fully saturated rings. The van der Waals surface area contributed by atoms with Crippen LogP contribution in [-0.4, -0.2) is 24.3 Å². The third-order valence-electron chi connectivity index (χ3n) is 4.18. The van der Waals surface area contributed by atoms with Crippen molar-refractivity contribution in [1.29, 1.82) is 0 Å². The van der Waals surface area contributed by atoms with Gasteiger partial charge in [-0.15, -0.1) is 0 Å². The average Bonchev–Trinajstić information content (AvgIpc) is 2.49. The topological polar surface area (TPSA) is 9.23 Å². The Morgan fingerprint density at radius 2 is 1.52 bits per heavy atom. The van der Waals surface area contributed by atoms with E-state index in [-0.39, 0.29) is 0 Å². The van der Waals surface area contributed by atoms with Crippen molar-refractivity contribution in [2.24, 2.45) is 5.92 Å². The van der Waals surface area contributed by atoms with Crippen molar-refractivity contribution in [2.75, 3.05) is 6.61 Å². The van der Waals surface area contributed by atoms with Crippen molar-refractivity contribution in [3.05, 3.63) is 24.3 Å². The zero-order valence-electron chi connectivity index (χ0n) is 14.4. The maximum absolute atomic E-state index is 5.78. The van der Waals surface area contributed by atoms with Crippen molar-refractivity contribution < 1.29 is 4.74 Å². The summed E-state index contributed by atoms with van der Waals surface area (Å²) < 4.78 is 7.07. The molecule has 0 unspecified atom stereocenters. The van der Waals surface area contributed by atoms with E-state index in [9.17, 15) is 0 Å². The SMILES string of the molecule is [Li][c]1ccc(OCCC[C@@H](C)CCCCCCCC)cc1. The standard InChI is InChI=1S/C19H31O.Li/c1-3-4-5-6-7-9-13-18(2)14-12-17-20-19-15-10-8-11-16-19;/h10-11,15-16,18H,3-7,9,12-14,17H2,1-2H3;/t18-;/m0./s1. The van der Waals surface area contributed by atoms with E-state index in [1.165, 1.54) is 62.0 Å². The first-order valence-corrected chi connectivity index (χ1v) is 8.92. The van der Waals surface area contributed by atoms with Gasteiger partial charge in [-0.1, -0.05) is 32.6 Å². The van der Waals surface area contributed by atoms with Crippen LogP contribution in [0.5, 0.6) is 5.75 Å². The first-order valence-electron chi connectivity index (χ1n) is 8.92. The van der Waals surface area contributed by atoms with Crippen LogP contribution in [-0.2, 0) is 0 Å². The van der Waals surface area contributed by atoms with E-state index in [0.29, 0.717) is 0 Å². The summed E-state index contributed by atoms with van der Waals surface area (Å²) in [5.74, 6) is 1.85. The van der Waals surface area contributed by atoms with Crippen molar-refractivity contribution >= 4 is 22.0 Å². The summed E-state index contributed by atoms with van der Waals surface area (Å²) in [4.78, 5) is 0. The molecule has 0 heterocycles. The number of benzene rings is 1. The molecule has 1 aromatic carbocycles. The van der Waals surface area contributed by atoms with Gasteiger partial charge >= 0.3 is 108 Å². The third kappa shape index (κ3) is 10.0. The van der Waals surface area contributed by atoms with Gasteiger partial charge < -0.3 is 0 Å². The molecule has 0 aliphatic carbocycles. The van der Waals surface area contributed by atoms with E-state index in [1.807, 2.05) is 0 Å². The summed E-state index contributed by atoms with van der Waals surface area (Å²) in [5, 5.41) is 0. The summed E-state index contributed by atoms with van der Waals surface area (Å²) in [6.07, 6.45) is 12.3. The average molecular weight is 282 g/mol. The Morgan fingerprint density at radius 3 is 2.24 bits per heavy atom. The van der Waals surface area contributed by atoms with Crippen LogP contribution in [0.2, 0.25) is 0 Å². The number of hydrogen-bond acceptors (Lipinski definition) is 1. The number of unbranched alkanes of at least 4 members (excludes halogenated alkanes) is 5. The molecule has 2 heteroatoms. The molecule has 0 N–H and O–H groups in total. The molecule has 1 aromatic rings. The minimum atomic E-state index is 0.845. The van der Waals surface area contributed by atoms with Gasteiger partial charge in [-0.25, -0.2) is 0 Å². The zero-order valence-corrected chi connectivity index (χ0v) is 14.4. The normalized spacial score (nSPS) is 12.4. The first kappa shape index (κ1) is 18.7. The second kappa shape index (κ2) is 12.2. The number of hydrogen-bond donors (Lipinski definition) is 0. The van der Waals surface area contributed by atoms with E-state index >= 15 is 0 Å². The van der Waals surface area contributed by atoms with E-state index in [0.717, 1.165) is 18.3 Å². The first-order chi connectivity index (χ1) is 10.2. The molecule has 1 atom stereocenters. The fourth-order valence-electron chi connectivity index (χ4n) is 2.67. The summed E-state index contributed by atoms with van der Waals surface area (Å²) in [6, 6.07) is 8.34. The van der Waals surface area contributed by atoms with E-state index in [1.54, 1.807) is 0 Å². The Balaban J connectivity index is 1.95. The van der Waals surface area contributed by atoms with Crippen LogP contribution in [0.3, 0.4) is 0 Å². The minimum absolute atomic E-state index is 0.845. The molecular weight excluding hydrogens is 251 g/mol. The third-order valence-corrected chi connectivity index (χ3v) is 4.18. The van der Waals surface area contributed by atoms with Crippen molar-refractivity contribution in [3.8, 4) is 5.75 Å². The fourth-order valence-corrected chi connectivity index (χ4v) is 2.67. The van der Waals surface area contributed by atoms with Gasteiger partial charge in [0.2, 0.25) is 0 Å². The summed E-state index contributed by atoms with van der Waals surface area (Å²) >= 11 is 2.10. The van der Waals surface area contributed by atoms with Crippen LogP contribution in [0.4, 0.5) is 0 Å². The van der Waals surface area contributed by atoms with Gasteiger partial charge in [0, 0.05) is 0 Å². The molecule has 1 nitrogen and oxygen atoms in total. The second-order valence-corrected chi connectivity index (χ2v) is 6.47. The van der Waals surface area contributed by atoms with Gasteiger partial charge in [-0.05, 0) is 0 Å². The molecule has 0 spiro atoms. The van der Waals surface area contributed by atoms with Gasteiger partial charge in [0.25, 0.3) is 0 Å². The molecule has 0 bridgehead atoms. The molecule has 0 saturated carbocycles. The van der Waals surface area contributed by atoms with Gasteiger partial charge in [0.1, 0.15) is 0 Å². The van der Waals surface area contributed by atoms with Crippen LogP contribution in [0.25, 0.3) is 0 Å².